The normalized spacial score (nSPS) is 11.5. The van der Waals surface area contributed by atoms with Crippen molar-refractivity contribution in [2.75, 3.05) is 7.05 Å². The second-order valence-electron chi connectivity index (χ2n) is 5.40. The molecule has 0 spiro atoms. The number of aryl methyl sites for hydroxylation is 1. The summed E-state index contributed by atoms with van der Waals surface area (Å²) in [5.74, 6) is 0. The highest BCUT2D eigenvalue weighted by Crippen LogP contribution is 2.11. The summed E-state index contributed by atoms with van der Waals surface area (Å²) in [6.45, 7) is 8.23. The summed E-state index contributed by atoms with van der Waals surface area (Å²) in [7, 11) is 2.13. The molecule has 2 aromatic heterocycles. The van der Waals surface area contributed by atoms with Gasteiger partial charge in [0, 0.05) is 43.3 Å². The first-order valence-corrected chi connectivity index (χ1v) is 6.67. The van der Waals surface area contributed by atoms with Gasteiger partial charge in [-0.15, -0.1) is 0 Å². The van der Waals surface area contributed by atoms with E-state index in [1.165, 1.54) is 16.7 Å². The van der Waals surface area contributed by atoms with Gasteiger partial charge in [-0.25, -0.2) is 0 Å². The molecular weight excluding hydrogens is 236 g/mol. The van der Waals surface area contributed by atoms with E-state index in [1.807, 2.05) is 23.3 Å². The van der Waals surface area contributed by atoms with E-state index in [0.717, 1.165) is 13.1 Å². The second kappa shape index (κ2) is 5.97. The Balaban J connectivity index is 1.97. The molecule has 2 rings (SSSR count). The van der Waals surface area contributed by atoms with Gasteiger partial charge in [0.1, 0.15) is 0 Å². The van der Waals surface area contributed by atoms with Crippen LogP contribution in [0.25, 0.3) is 0 Å². The highest BCUT2D eigenvalue weighted by molar-refractivity contribution is 5.21. The molecule has 4 nitrogen and oxygen atoms in total. The zero-order valence-corrected chi connectivity index (χ0v) is 12.2. The maximum absolute atomic E-state index is 4.37. The van der Waals surface area contributed by atoms with Crippen molar-refractivity contribution >= 4 is 0 Å². The van der Waals surface area contributed by atoms with E-state index in [1.54, 1.807) is 0 Å². The van der Waals surface area contributed by atoms with Gasteiger partial charge >= 0.3 is 0 Å². The van der Waals surface area contributed by atoms with Gasteiger partial charge in [0.05, 0.1) is 6.20 Å². The number of pyridine rings is 1. The van der Waals surface area contributed by atoms with Gasteiger partial charge in [0.15, 0.2) is 0 Å². The van der Waals surface area contributed by atoms with Gasteiger partial charge in [-0.05, 0) is 45.0 Å². The van der Waals surface area contributed by atoms with Gasteiger partial charge in [-0.2, -0.15) is 5.10 Å². The average molecular weight is 258 g/mol. The third-order valence-corrected chi connectivity index (χ3v) is 3.21. The Bertz CT molecular complexity index is 530. The van der Waals surface area contributed by atoms with E-state index in [4.69, 9.17) is 0 Å². The topological polar surface area (TPSA) is 34.0 Å². The fourth-order valence-corrected chi connectivity index (χ4v) is 2.08. The van der Waals surface area contributed by atoms with Crippen molar-refractivity contribution in [1.29, 1.82) is 0 Å². The zero-order valence-electron chi connectivity index (χ0n) is 12.2. The van der Waals surface area contributed by atoms with Crippen LogP contribution in [-0.2, 0) is 13.1 Å². The Hall–Kier alpha value is -1.68. The Morgan fingerprint density at radius 2 is 2.05 bits per heavy atom. The predicted octanol–water partition coefficient (Wildman–Crippen LogP) is 2.80. The summed E-state index contributed by atoms with van der Waals surface area (Å²) in [5.41, 5.74) is 3.82. The highest BCUT2D eigenvalue weighted by atomic mass is 15.3. The standard InChI is InChI=1S/C15H22N4/c1-12(2)19-10-14(8-17-19)9-18(4)11-15-5-6-16-7-13(15)3/h5-8,10,12H,9,11H2,1-4H3. The smallest absolute Gasteiger partial charge is 0.0534 e. The fourth-order valence-electron chi connectivity index (χ4n) is 2.08. The first-order valence-electron chi connectivity index (χ1n) is 6.67. The van der Waals surface area contributed by atoms with Gasteiger partial charge in [-0.1, -0.05) is 0 Å². The summed E-state index contributed by atoms with van der Waals surface area (Å²) >= 11 is 0. The highest BCUT2D eigenvalue weighted by Gasteiger charge is 2.07. The summed E-state index contributed by atoms with van der Waals surface area (Å²) in [6, 6.07) is 2.50. The van der Waals surface area contributed by atoms with Crippen molar-refractivity contribution < 1.29 is 0 Å². The van der Waals surface area contributed by atoms with Crippen molar-refractivity contribution in [2.45, 2.75) is 39.9 Å². The Kier molecular flexibility index (Phi) is 4.32. The van der Waals surface area contributed by atoms with E-state index in [9.17, 15) is 0 Å². The summed E-state index contributed by atoms with van der Waals surface area (Å²) in [5, 5.41) is 4.37. The molecule has 0 N–H and O–H groups in total. The maximum atomic E-state index is 4.37. The number of aromatic nitrogens is 3. The summed E-state index contributed by atoms with van der Waals surface area (Å²) in [4.78, 5) is 6.42. The quantitative estimate of drug-likeness (QED) is 0.827. The van der Waals surface area contributed by atoms with Crippen LogP contribution < -0.4 is 0 Å². The molecule has 0 unspecified atom stereocenters. The number of rotatable bonds is 5. The van der Waals surface area contributed by atoms with Crippen LogP contribution in [0.1, 0.15) is 36.6 Å². The van der Waals surface area contributed by atoms with Crippen LogP contribution in [0.15, 0.2) is 30.9 Å². The van der Waals surface area contributed by atoms with Crippen LogP contribution in [0.2, 0.25) is 0 Å². The predicted molar refractivity (Wildman–Crippen MR) is 76.8 cm³/mol. The molecule has 0 saturated heterocycles. The third kappa shape index (κ3) is 3.64. The van der Waals surface area contributed by atoms with E-state index < -0.39 is 0 Å². The van der Waals surface area contributed by atoms with Crippen LogP contribution in [-0.4, -0.2) is 26.7 Å². The third-order valence-electron chi connectivity index (χ3n) is 3.21. The molecule has 2 heterocycles. The van der Waals surface area contributed by atoms with Gasteiger partial charge in [0.25, 0.3) is 0 Å². The van der Waals surface area contributed by atoms with Gasteiger partial charge in [0.2, 0.25) is 0 Å². The van der Waals surface area contributed by atoms with Crippen LogP contribution >= 0.6 is 0 Å². The molecule has 0 aliphatic heterocycles. The summed E-state index contributed by atoms with van der Waals surface area (Å²) in [6.07, 6.45) is 7.85. The number of hydrogen-bond donors (Lipinski definition) is 0. The van der Waals surface area contributed by atoms with Gasteiger partial charge < -0.3 is 0 Å². The van der Waals surface area contributed by atoms with Crippen LogP contribution in [0.3, 0.4) is 0 Å². The minimum Gasteiger partial charge on any atom is -0.298 e. The Labute approximate surface area is 115 Å². The molecule has 102 valence electrons. The molecule has 0 fully saturated rings. The molecule has 0 aliphatic carbocycles. The molecule has 0 radical (unpaired) electrons. The molecule has 0 atom stereocenters. The first kappa shape index (κ1) is 13.7. The van der Waals surface area contributed by atoms with E-state index in [0.29, 0.717) is 6.04 Å². The summed E-state index contributed by atoms with van der Waals surface area (Å²) < 4.78 is 2.00. The minimum atomic E-state index is 0.418. The first-order chi connectivity index (χ1) is 9.06. The van der Waals surface area contributed by atoms with E-state index in [-0.39, 0.29) is 0 Å². The lowest BCUT2D eigenvalue weighted by Gasteiger charge is -2.16. The second-order valence-corrected chi connectivity index (χ2v) is 5.40. The van der Waals surface area contributed by atoms with Crippen molar-refractivity contribution in [3.63, 3.8) is 0 Å². The van der Waals surface area contributed by atoms with Crippen LogP contribution in [0, 0.1) is 6.92 Å². The minimum absolute atomic E-state index is 0.418. The fraction of sp³-hybridized carbons (Fsp3) is 0.467. The van der Waals surface area contributed by atoms with Crippen molar-refractivity contribution in [3.8, 4) is 0 Å². The van der Waals surface area contributed by atoms with Crippen LogP contribution in [0.4, 0.5) is 0 Å². The van der Waals surface area contributed by atoms with Gasteiger partial charge in [-0.3, -0.25) is 14.6 Å². The lowest BCUT2D eigenvalue weighted by Crippen LogP contribution is -2.17. The number of hydrogen-bond acceptors (Lipinski definition) is 3. The molecule has 0 aliphatic rings. The molecule has 4 heteroatoms. The number of nitrogens with zero attached hydrogens (tertiary/aromatic N) is 4. The van der Waals surface area contributed by atoms with E-state index in [2.05, 4.69) is 55.1 Å². The molecular formula is C15H22N4. The maximum Gasteiger partial charge on any atom is 0.0534 e. The Morgan fingerprint density at radius 3 is 2.68 bits per heavy atom. The lowest BCUT2D eigenvalue weighted by molar-refractivity contribution is 0.318. The van der Waals surface area contributed by atoms with Crippen LogP contribution in [0.5, 0.6) is 0 Å². The molecule has 2 aromatic rings. The van der Waals surface area contributed by atoms with Crippen molar-refractivity contribution in [3.05, 3.63) is 47.5 Å². The molecule has 0 aromatic carbocycles. The largest absolute Gasteiger partial charge is 0.298 e. The van der Waals surface area contributed by atoms with Crippen molar-refractivity contribution in [1.82, 2.24) is 19.7 Å². The average Bonchev–Trinajstić information content (AvgIpc) is 2.80. The zero-order chi connectivity index (χ0) is 13.8. The SMILES string of the molecule is Cc1cnccc1CN(C)Cc1cnn(C(C)C)c1. The Morgan fingerprint density at radius 1 is 1.26 bits per heavy atom. The lowest BCUT2D eigenvalue weighted by atomic mass is 10.1. The molecule has 0 saturated carbocycles. The monoisotopic (exact) mass is 258 g/mol. The molecule has 0 amide bonds. The van der Waals surface area contributed by atoms with Crippen molar-refractivity contribution in [2.24, 2.45) is 0 Å². The molecule has 0 bridgehead atoms. The molecule has 19 heavy (non-hydrogen) atoms. The van der Waals surface area contributed by atoms with E-state index >= 15 is 0 Å².